The smallest absolute Gasteiger partial charge is 0.244 e. The van der Waals surface area contributed by atoms with Gasteiger partial charge >= 0.3 is 0 Å². The van der Waals surface area contributed by atoms with E-state index in [2.05, 4.69) is 21.2 Å². The van der Waals surface area contributed by atoms with Crippen molar-refractivity contribution in [3.05, 3.63) is 58.8 Å². The SMILES string of the molecule is CN(CC(=O)Nc1cccc(F)c1)S(=O)(=O)c1ccccc1Br. The summed E-state index contributed by atoms with van der Waals surface area (Å²) < 4.78 is 39.3. The molecule has 0 unspecified atom stereocenters. The fraction of sp³-hybridized carbons (Fsp3) is 0.133. The minimum absolute atomic E-state index is 0.0704. The molecule has 0 heterocycles. The molecule has 8 heteroatoms. The number of hydrogen-bond donors (Lipinski definition) is 1. The van der Waals surface area contributed by atoms with Crippen molar-refractivity contribution in [3.8, 4) is 0 Å². The fourth-order valence-electron chi connectivity index (χ4n) is 1.88. The summed E-state index contributed by atoms with van der Waals surface area (Å²) >= 11 is 3.18. The quantitative estimate of drug-likeness (QED) is 0.838. The van der Waals surface area contributed by atoms with Crippen LogP contribution in [0, 0.1) is 5.82 Å². The minimum atomic E-state index is -3.81. The Bertz CT molecular complexity index is 827. The van der Waals surface area contributed by atoms with Crippen LogP contribution < -0.4 is 5.32 Å². The van der Waals surface area contributed by atoms with E-state index < -0.39 is 21.7 Å². The molecule has 0 bridgehead atoms. The van der Waals surface area contributed by atoms with E-state index in [1.807, 2.05) is 0 Å². The number of amides is 1. The van der Waals surface area contributed by atoms with E-state index in [0.29, 0.717) is 4.47 Å². The molecule has 122 valence electrons. The van der Waals surface area contributed by atoms with Crippen LogP contribution in [0.15, 0.2) is 57.9 Å². The summed E-state index contributed by atoms with van der Waals surface area (Å²) in [6.07, 6.45) is 0. The number of rotatable bonds is 5. The lowest BCUT2D eigenvalue weighted by atomic mass is 10.3. The molecular formula is C15H14BrFN2O3S. The van der Waals surface area contributed by atoms with E-state index in [-0.39, 0.29) is 17.1 Å². The number of halogens is 2. The zero-order chi connectivity index (χ0) is 17.0. The lowest BCUT2D eigenvalue weighted by Crippen LogP contribution is -2.35. The Morgan fingerprint density at radius 3 is 2.57 bits per heavy atom. The summed E-state index contributed by atoms with van der Waals surface area (Å²) in [4.78, 5) is 12.0. The number of sulfonamides is 1. The molecule has 0 saturated heterocycles. The van der Waals surface area contributed by atoms with Gasteiger partial charge in [-0.2, -0.15) is 4.31 Å². The van der Waals surface area contributed by atoms with Crippen molar-refractivity contribution in [2.45, 2.75) is 4.90 Å². The zero-order valence-electron chi connectivity index (χ0n) is 12.2. The molecular weight excluding hydrogens is 387 g/mol. The summed E-state index contributed by atoms with van der Waals surface area (Å²) in [6, 6.07) is 11.7. The van der Waals surface area contributed by atoms with Gasteiger partial charge in [0.2, 0.25) is 15.9 Å². The number of benzene rings is 2. The number of carbonyl (C=O) groups is 1. The predicted octanol–water partition coefficient (Wildman–Crippen LogP) is 2.85. The van der Waals surface area contributed by atoms with Crippen LogP contribution in [0.3, 0.4) is 0 Å². The van der Waals surface area contributed by atoms with Crippen LogP contribution in [0.25, 0.3) is 0 Å². The van der Waals surface area contributed by atoms with E-state index in [4.69, 9.17) is 0 Å². The van der Waals surface area contributed by atoms with Crippen molar-refractivity contribution in [3.63, 3.8) is 0 Å². The number of carbonyl (C=O) groups excluding carboxylic acids is 1. The number of nitrogens with one attached hydrogen (secondary N) is 1. The molecule has 5 nitrogen and oxygen atoms in total. The molecule has 0 atom stereocenters. The maximum atomic E-state index is 13.1. The molecule has 0 spiro atoms. The molecule has 1 N–H and O–H groups in total. The first-order valence-corrected chi connectivity index (χ1v) is 8.80. The van der Waals surface area contributed by atoms with Crippen LogP contribution in [-0.2, 0) is 14.8 Å². The Hall–Kier alpha value is -1.77. The maximum absolute atomic E-state index is 13.1. The van der Waals surface area contributed by atoms with Gasteiger partial charge in [0.25, 0.3) is 0 Å². The van der Waals surface area contributed by atoms with Crippen molar-refractivity contribution in [1.29, 1.82) is 0 Å². The van der Waals surface area contributed by atoms with Crippen LogP contribution in [0.4, 0.5) is 10.1 Å². The maximum Gasteiger partial charge on any atom is 0.244 e. The van der Waals surface area contributed by atoms with Gasteiger partial charge in [0, 0.05) is 17.2 Å². The molecule has 0 fully saturated rings. The average Bonchev–Trinajstić information content (AvgIpc) is 2.47. The molecule has 1 amide bonds. The Kier molecular flexibility index (Phi) is 5.51. The highest BCUT2D eigenvalue weighted by molar-refractivity contribution is 9.10. The van der Waals surface area contributed by atoms with E-state index in [1.165, 1.54) is 31.3 Å². The van der Waals surface area contributed by atoms with Gasteiger partial charge in [0.15, 0.2) is 0 Å². The molecule has 0 aliphatic heterocycles. The highest BCUT2D eigenvalue weighted by Gasteiger charge is 2.24. The van der Waals surface area contributed by atoms with Gasteiger partial charge in [-0.05, 0) is 46.3 Å². The first-order chi connectivity index (χ1) is 10.8. The van der Waals surface area contributed by atoms with Crippen molar-refractivity contribution >= 4 is 37.5 Å². The summed E-state index contributed by atoms with van der Waals surface area (Å²) in [6.45, 7) is -0.389. The lowest BCUT2D eigenvalue weighted by molar-refractivity contribution is -0.116. The van der Waals surface area contributed by atoms with Crippen molar-refractivity contribution in [2.75, 3.05) is 18.9 Å². The molecule has 0 aromatic heterocycles. The van der Waals surface area contributed by atoms with Crippen LogP contribution >= 0.6 is 15.9 Å². The molecule has 0 aliphatic carbocycles. The van der Waals surface area contributed by atoms with Crippen LogP contribution in [0.5, 0.6) is 0 Å². The molecule has 2 aromatic carbocycles. The summed E-state index contributed by atoms with van der Waals surface area (Å²) in [7, 11) is -2.51. The van der Waals surface area contributed by atoms with Crippen molar-refractivity contribution in [1.82, 2.24) is 4.31 Å². The Balaban J connectivity index is 2.10. The normalized spacial score (nSPS) is 11.5. The van der Waals surface area contributed by atoms with Gasteiger partial charge in [-0.3, -0.25) is 4.79 Å². The van der Waals surface area contributed by atoms with E-state index in [1.54, 1.807) is 18.2 Å². The summed E-state index contributed by atoms with van der Waals surface area (Å²) in [5.74, 6) is -1.05. The summed E-state index contributed by atoms with van der Waals surface area (Å²) in [5.41, 5.74) is 0.265. The first-order valence-electron chi connectivity index (χ1n) is 6.57. The third-order valence-corrected chi connectivity index (χ3v) is 5.82. The Labute approximate surface area is 142 Å². The predicted molar refractivity (Wildman–Crippen MR) is 89.0 cm³/mol. The number of nitrogens with zero attached hydrogens (tertiary/aromatic N) is 1. The fourth-order valence-corrected chi connectivity index (χ4v) is 3.96. The van der Waals surface area contributed by atoms with E-state index in [0.717, 1.165) is 10.4 Å². The highest BCUT2D eigenvalue weighted by Crippen LogP contribution is 2.23. The molecule has 23 heavy (non-hydrogen) atoms. The minimum Gasteiger partial charge on any atom is -0.325 e. The van der Waals surface area contributed by atoms with Crippen molar-refractivity contribution in [2.24, 2.45) is 0 Å². The van der Waals surface area contributed by atoms with Crippen LogP contribution in [-0.4, -0.2) is 32.2 Å². The molecule has 0 aliphatic rings. The second kappa shape index (κ2) is 7.20. The Morgan fingerprint density at radius 1 is 1.22 bits per heavy atom. The second-order valence-electron chi connectivity index (χ2n) is 4.75. The Morgan fingerprint density at radius 2 is 1.91 bits per heavy atom. The van der Waals surface area contributed by atoms with Gasteiger partial charge in [-0.15, -0.1) is 0 Å². The molecule has 0 saturated carbocycles. The third-order valence-electron chi connectivity index (χ3n) is 3.00. The molecule has 2 aromatic rings. The monoisotopic (exact) mass is 400 g/mol. The van der Waals surface area contributed by atoms with Crippen LogP contribution in [0.2, 0.25) is 0 Å². The number of anilines is 1. The second-order valence-corrected chi connectivity index (χ2v) is 7.62. The molecule has 0 radical (unpaired) electrons. The van der Waals surface area contributed by atoms with Gasteiger partial charge < -0.3 is 5.32 Å². The average molecular weight is 401 g/mol. The third kappa shape index (κ3) is 4.37. The highest BCUT2D eigenvalue weighted by atomic mass is 79.9. The number of hydrogen-bond acceptors (Lipinski definition) is 3. The first kappa shape index (κ1) is 17.6. The van der Waals surface area contributed by atoms with Gasteiger partial charge in [-0.1, -0.05) is 18.2 Å². The number of likely N-dealkylation sites (N-methyl/N-ethyl adjacent to an activating group) is 1. The standard InChI is InChI=1S/C15H14BrFN2O3S/c1-19(23(21,22)14-8-3-2-7-13(14)16)10-15(20)18-12-6-4-5-11(17)9-12/h2-9H,10H2,1H3,(H,18,20). The molecule has 2 rings (SSSR count). The lowest BCUT2D eigenvalue weighted by Gasteiger charge is -2.17. The van der Waals surface area contributed by atoms with Crippen LogP contribution in [0.1, 0.15) is 0 Å². The van der Waals surface area contributed by atoms with Gasteiger partial charge in [-0.25, -0.2) is 12.8 Å². The largest absolute Gasteiger partial charge is 0.325 e. The topological polar surface area (TPSA) is 66.5 Å². The van der Waals surface area contributed by atoms with Crippen molar-refractivity contribution < 1.29 is 17.6 Å². The van der Waals surface area contributed by atoms with E-state index >= 15 is 0 Å². The van der Waals surface area contributed by atoms with E-state index in [9.17, 15) is 17.6 Å². The summed E-state index contributed by atoms with van der Waals surface area (Å²) in [5, 5.41) is 2.46. The van der Waals surface area contributed by atoms with Gasteiger partial charge in [0.05, 0.1) is 11.4 Å². The zero-order valence-corrected chi connectivity index (χ0v) is 14.6. The van der Waals surface area contributed by atoms with Gasteiger partial charge in [0.1, 0.15) is 5.82 Å².